The predicted molar refractivity (Wildman–Crippen MR) is 119 cm³/mol. The number of carbonyl (C=O) groups excluding carboxylic acids is 2. The normalized spacial score (nSPS) is 14.9. The number of hydrogen-bond donors (Lipinski definition) is 1. The number of hydrogen-bond acceptors (Lipinski definition) is 4. The molecule has 4 rings (SSSR count). The summed E-state index contributed by atoms with van der Waals surface area (Å²) >= 11 is 0. The Hall–Kier alpha value is -3.80. The Bertz CT molecular complexity index is 1070. The Labute approximate surface area is 181 Å². The van der Waals surface area contributed by atoms with E-state index in [1.165, 1.54) is 0 Å². The van der Waals surface area contributed by atoms with Crippen molar-refractivity contribution in [3.63, 3.8) is 0 Å². The van der Waals surface area contributed by atoms with Gasteiger partial charge >= 0.3 is 0 Å². The highest BCUT2D eigenvalue weighted by molar-refractivity contribution is 6.08. The minimum absolute atomic E-state index is 0.134. The van der Waals surface area contributed by atoms with Crippen LogP contribution in [0, 0.1) is 0 Å². The van der Waals surface area contributed by atoms with Crippen LogP contribution in [0.2, 0.25) is 0 Å². The third-order valence-electron chi connectivity index (χ3n) is 4.92. The van der Waals surface area contributed by atoms with E-state index in [1.54, 1.807) is 35.2 Å². The summed E-state index contributed by atoms with van der Waals surface area (Å²) in [6.07, 6.45) is 0.0560. The Morgan fingerprint density at radius 3 is 2.55 bits per heavy atom. The van der Waals surface area contributed by atoms with Crippen LogP contribution >= 0.6 is 0 Å². The molecule has 31 heavy (non-hydrogen) atoms. The van der Waals surface area contributed by atoms with Crippen LogP contribution < -0.4 is 19.7 Å². The Morgan fingerprint density at radius 2 is 1.74 bits per heavy atom. The molecular formula is C25H24N2O4. The van der Waals surface area contributed by atoms with Crippen LogP contribution in [-0.2, 0) is 4.79 Å². The number of benzene rings is 3. The minimum Gasteiger partial charge on any atom is -0.477 e. The van der Waals surface area contributed by atoms with E-state index < -0.39 is 6.10 Å². The third-order valence-corrected chi connectivity index (χ3v) is 4.92. The second kappa shape index (κ2) is 9.34. The van der Waals surface area contributed by atoms with E-state index in [1.807, 2.05) is 55.5 Å². The molecule has 0 bridgehead atoms. The van der Waals surface area contributed by atoms with Crippen molar-refractivity contribution in [3.05, 3.63) is 84.4 Å². The number of ether oxygens (including phenoxy) is 2. The van der Waals surface area contributed by atoms with Gasteiger partial charge in [0.2, 0.25) is 0 Å². The Kier molecular flexibility index (Phi) is 6.17. The smallest absolute Gasteiger partial charge is 0.262 e. The standard InChI is InChI=1S/C25H24N2O4/c1-2-15-26-24(28)23-17-27(21-13-6-7-14-22(21)31-23)25(29)18-9-8-12-20(16-18)30-19-10-4-3-5-11-19/h3-14,16,23H,2,15,17H2,1H3,(H,26,28)/t23-/m0/s1. The molecule has 2 amide bonds. The van der Waals surface area contributed by atoms with Gasteiger partial charge in [0.25, 0.3) is 11.8 Å². The summed E-state index contributed by atoms with van der Waals surface area (Å²) in [4.78, 5) is 27.6. The van der Waals surface area contributed by atoms with Crippen molar-refractivity contribution in [2.75, 3.05) is 18.0 Å². The fourth-order valence-electron chi connectivity index (χ4n) is 3.40. The van der Waals surface area contributed by atoms with Crippen molar-refractivity contribution in [1.82, 2.24) is 5.32 Å². The first-order valence-corrected chi connectivity index (χ1v) is 10.3. The van der Waals surface area contributed by atoms with Crippen LogP contribution in [0.4, 0.5) is 5.69 Å². The van der Waals surface area contributed by atoms with Gasteiger partial charge in [-0.15, -0.1) is 0 Å². The molecule has 0 radical (unpaired) electrons. The van der Waals surface area contributed by atoms with E-state index in [9.17, 15) is 9.59 Å². The van der Waals surface area contributed by atoms with Crippen LogP contribution in [0.3, 0.4) is 0 Å². The summed E-state index contributed by atoms with van der Waals surface area (Å²) in [5, 5.41) is 2.85. The van der Waals surface area contributed by atoms with Crippen LogP contribution in [0.1, 0.15) is 23.7 Å². The number of fused-ring (bicyclic) bond motifs is 1. The summed E-state index contributed by atoms with van der Waals surface area (Å²) in [5.74, 6) is 1.32. The first-order valence-electron chi connectivity index (χ1n) is 10.3. The molecule has 0 aromatic heterocycles. The van der Waals surface area contributed by atoms with Gasteiger partial charge in [-0.2, -0.15) is 0 Å². The lowest BCUT2D eigenvalue weighted by molar-refractivity contribution is -0.127. The largest absolute Gasteiger partial charge is 0.477 e. The predicted octanol–water partition coefficient (Wildman–Crippen LogP) is 4.41. The maximum atomic E-state index is 13.4. The summed E-state index contributed by atoms with van der Waals surface area (Å²) in [6.45, 7) is 2.68. The highest BCUT2D eigenvalue weighted by atomic mass is 16.5. The molecular weight excluding hydrogens is 392 g/mol. The molecule has 0 spiro atoms. The Morgan fingerprint density at radius 1 is 1.00 bits per heavy atom. The molecule has 0 unspecified atom stereocenters. The molecule has 0 saturated heterocycles. The molecule has 1 N–H and O–H groups in total. The van der Waals surface area contributed by atoms with E-state index >= 15 is 0 Å². The molecule has 1 aliphatic rings. The first-order chi connectivity index (χ1) is 15.2. The lowest BCUT2D eigenvalue weighted by Crippen LogP contribution is -2.50. The summed E-state index contributed by atoms with van der Waals surface area (Å²) in [5.41, 5.74) is 1.11. The molecule has 0 fully saturated rings. The number of anilines is 1. The fourth-order valence-corrected chi connectivity index (χ4v) is 3.40. The molecule has 0 saturated carbocycles. The number of nitrogens with zero attached hydrogens (tertiary/aromatic N) is 1. The molecule has 158 valence electrons. The first kappa shape index (κ1) is 20.5. The molecule has 1 atom stereocenters. The zero-order valence-corrected chi connectivity index (χ0v) is 17.3. The maximum Gasteiger partial charge on any atom is 0.262 e. The van der Waals surface area contributed by atoms with Crippen LogP contribution in [0.15, 0.2) is 78.9 Å². The quantitative estimate of drug-likeness (QED) is 0.646. The fraction of sp³-hybridized carbons (Fsp3) is 0.200. The van der Waals surface area contributed by atoms with Gasteiger partial charge in [0.05, 0.1) is 12.2 Å². The molecule has 6 nitrogen and oxygen atoms in total. The van der Waals surface area contributed by atoms with Crippen molar-refractivity contribution in [2.24, 2.45) is 0 Å². The van der Waals surface area contributed by atoms with Gasteiger partial charge in [-0.05, 0) is 48.9 Å². The number of carbonyl (C=O) groups is 2. The second-order valence-electron chi connectivity index (χ2n) is 7.22. The number of nitrogens with one attached hydrogen (secondary N) is 1. The van der Waals surface area contributed by atoms with Crippen LogP contribution in [0.25, 0.3) is 0 Å². The van der Waals surface area contributed by atoms with E-state index in [-0.39, 0.29) is 18.4 Å². The third kappa shape index (κ3) is 4.69. The van der Waals surface area contributed by atoms with E-state index in [0.717, 1.165) is 6.42 Å². The number of amides is 2. The maximum absolute atomic E-state index is 13.4. The monoisotopic (exact) mass is 416 g/mol. The van der Waals surface area contributed by atoms with Gasteiger partial charge in [0, 0.05) is 12.1 Å². The molecule has 6 heteroatoms. The van der Waals surface area contributed by atoms with Gasteiger partial charge < -0.3 is 19.7 Å². The topological polar surface area (TPSA) is 67.9 Å². The van der Waals surface area contributed by atoms with Crippen molar-refractivity contribution in [3.8, 4) is 17.2 Å². The van der Waals surface area contributed by atoms with E-state index in [0.29, 0.717) is 35.0 Å². The number of para-hydroxylation sites is 3. The zero-order valence-electron chi connectivity index (χ0n) is 17.3. The molecule has 3 aromatic carbocycles. The number of rotatable bonds is 6. The lowest BCUT2D eigenvalue weighted by Gasteiger charge is -2.34. The van der Waals surface area contributed by atoms with Gasteiger partial charge in [-0.25, -0.2) is 0 Å². The summed E-state index contributed by atoms with van der Waals surface area (Å²) < 4.78 is 11.7. The van der Waals surface area contributed by atoms with Crippen molar-refractivity contribution in [1.29, 1.82) is 0 Å². The molecule has 0 aliphatic carbocycles. The van der Waals surface area contributed by atoms with Crippen LogP contribution in [-0.4, -0.2) is 31.0 Å². The van der Waals surface area contributed by atoms with Crippen molar-refractivity contribution in [2.45, 2.75) is 19.4 Å². The SMILES string of the molecule is CCCNC(=O)[C@@H]1CN(C(=O)c2cccc(Oc3ccccc3)c2)c2ccccc2O1. The average molecular weight is 416 g/mol. The summed E-state index contributed by atoms with van der Waals surface area (Å²) in [6, 6.07) is 23.7. The lowest BCUT2D eigenvalue weighted by atomic mass is 10.1. The molecule has 1 heterocycles. The van der Waals surface area contributed by atoms with E-state index in [2.05, 4.69) is 5.32 Å². The van der Waals surface area contributed by atoms with Crippen molar-refractivity contribution < 1.29 is 19.1 Å². The molecule has 1 aliphatic heterocycles. The summed E-state index contributed by atoms with van der Waals surface area (Å²) in [7, 11) is 0. The average Bonchev–Trinajstić information content (AvgIpc) is 2.82. The van der Waals surface area contributed by atoms with Gasteiger partial charge in [-0.1, -0.05) is 43.3 Å². The Balaban J connectivity index is 1.59. The second-order valence-corrected chi connectivity index (χ2v) is 7.22. The highest BCUT2D eigenvalue weighted by Crippen LogP contribution is 2.34. The van der Waals surface area contributed by atoms with Gasteiger partial charge in [-0.3, -0.25) is 9.59 Å². The minimum atomic E-state index is -0.769. The highest BCUT2D eigenvalue weighted by Gasteiger charge is 2.34. The van der Waals surface area contributed by atoms with Gasteiger partial charge in [0.15, 0.2) is 6.10 Å². The molecule has 3 aromatic rings. The van der Waals surface area contributed by atoms with E-state index in [4.69, 9.17) is 9.47 Å². The van der Waals surface area contributed by atoms with Gasteiger partial charge in [0.1, 0.15) is 17.2 Å². The zero-order chi connectivity index (χ0) is 21.6. The van der Waals surface area contributed by atoms with Crippen molar-refractivity contribution >= 4 is 17.5 Å². The van der Waals surface area contributed by atoms with Crippen LogP contribution in [0.5, 0.6) is 17.2 Å².